The Morgan fingerprint density at radius 2 is 1.72 bits per heavy atom. The highest BCUT2D eigenvalue weighted by Crippen LogP contribution is 2.41. The summed E-state index contributed by atoms with van der Waals surface area (Å²) in [5.41, 5.74) is 4.47. The Morgan fingerprint density at radius 3 is 2.26 bits per heavy atom. The van der Waals surface area contributed by atoms with E-state index in [9.17, 15) is 0 Å². The predicted molar refractivity (Wildman–Crippen MR) is 173 cm³/mol. The molecule has 2 aromatic heterocycles. The Hall–Kier alpha value is -3.54. The lowest BCUT2D eigenvalue weighted by molar-refractivity contribution is 0.172. The van der Waals surface area contributed by atoms with E-state index in [0.29, 0.717) is 11.4 Å². The molecule has 0 bridgehead atoms. The Bertz CT molecular complexity index is 1170. The van der Waals surface area contributed by atoms with Crippen molar-refractivity contribution in [1.29, 1.82) is 5.41 Å². The first kappa shape index (κ1) is 33.5. The first-order valence-electron chi connectivity index (χ1n) is 14.5. The van der Waals surface area contributed by atoms with Crippen LogP contribution in [0.1, 0.15) is 85.3 Å². The van der Waals surface area contributed by atoms with E-state index in [0.717, 1.165) is 33.4 Å². The van der Waals surface area contributed by atoms with Crippen molar-refractivity contribution in [3.8, 4) is 0 Å². The molecule has 6 heteroatoms. The van der Waals surface area contributed by atoms with Gasteiger partial charge in [-0.2, -0.15) is 0 Å². The van der Waals surface area contributed by atoms with Crippen LogP contribution in [0.15, 0.2) is 55.4 Å². The second kappa shape index (κ2) is 17.9. The van der Waals surface area contributed by atoms with E-state index in [1.165, 1.54) is 45.0 Å². The summed E-state index contributed by atoms with van der Waals surface area (Å²) in [4.78, 5) is 15.4. The molecule has 3 heterocycles. The van der Waals surface area contributed by atoms with Gasteiger partial charge in [-0.15, -0.1) is 0 Å². The Balaban J connectivity index is 0.000000347. The first-order valence-corrected chi connectivity index (χ1v) is 14.5. The van der Waals surface area contributed by atoms with Gasteiger partial charge in [0.15, 0.2) is 0 Å². The molecule has 0 radical (unpaired) electrons. The molecule has 0 atom stereocenters. The van der Waals surface area contributed by atoms with Crippen LogP contribution in [0.25, 0.3) is 22.6 Å². The molecule has 2 N–H and O–H groups in total. The number of pyridine rings is 1. The quantitative estimate of drug-likeness (QED) is 0.270. The maximum atomic E-state index is 7.35. The summed E-state index contributed by atoms with van der Waals surface area (Å²) in [6.07, 6.45) is 14.1. The van der Waals surface area contributed by atoms with Crippen LogP contribution in [0, 0.1) is 10.8 Å². The lowest BCUT2D eigenvalue weighted by Gasteiger charge is -2.51. The molecule has 1 fully saturated rings. The molecule has 39 heavy (non-hydrogen) atoms. The monoisotopic (exact) mass is 530 g/mol. The van der Waals surface area contributed by atoms with Gasteiger partial charge in [-0.3, -0.25) is 0 Å². The molecule has 0 aliphatic carbocycles. The topological polar surface area (TPSA) is 77.8 Å². The number of hydrogen-bond donors (Lipinski definition) is 2. The Morgan fingerprint density at radius 1 is 1.05 bits per heavy atom. The van der Waals surface area contributed by atoms with Gasteiger partial charge in [-0.1, -0.05) is 85.2 Å². The van der Waals surface area contributed by atoms with Crippen LogP contribution in [0.3, 0.4) is 0 Å². The number of allylic oxidation sites excluding steroid dienone is 2. The fraction of sp³-hybridized carbons (Fsp3) is 0.455. The molecule has 1 aliphatic rings. The van der Waals surface area contributed by atoms with Crippen LogP contribution in [0.2, 0.25) is 0 Å². The fourth-order valence-corrected chi connectivity index (χ4v) is 4.82. The van der Waals surface area contributed by atoms with Gasteiger partial charge in [0.1, 0.15) is 5.82 Å². The lowest BCUT2D eigenvalue weighted by atomic mass is 9.72. The van der Waals surface area contributed by atoms with E-state index in [4.69, 9.17) is 5.41 Å². The number of nitrogens with zero attached hydrogens (tertiary/aromatic N) is 4. The van der Waals surface area contributed by atoms with Crippen molar-refractivity contribution in [3.63, 3.8) is 0 Å². The van der Waals surface area contributed by atoms with Crippen LogP contribution >= 0.6 is 0 Å². The van der Waals surface area contributed by atoms with Crippen LogP contribution < -0.4 is 10.2 Å². The Labute approximate surface area is 237 Å². The van der Waals surface area contributed by atoms with Crippen LogP contribution in [0.4, 0.5) is 11.8 Å². The smallest absolute Gasteiger partial charge is 0.222 e. The van der Waals surface area contributed by atoms with Crippen LogP contribution in [-0.2, 0) is 0 Å². The molecule has 0 spiro atoms. The average Bonchev–Trinajstić information content (AvgIpc) is 2.98. The van der Waals surface area contributed by atoms with E-state index >= 15 is 0 Å². The van der Waals surface area contributed by atoms with Crippen molar-refractivity contribution in [1.82, 2.24) is 15.0 Å². The maximum Gasteiger partial charge on any atom is 0.222 e. The van der Waals surface area contributed by atoms with Gasteiger partial charge in [0.05, 0.1) is 5.52 Å². The third-order valence-corrected chi connectivity index (χ3v) is 6.55. The third-order valence-electron chi connectivity index (χ3n) is 6.55. The van der Waals surface area contributed by atoms with Crippen molar-refractivity contribution in [2.75, 3.05) is 30.4 Å². The summed E-state index contributed by atoms with van der Waals surface area (Å²) in [5.74, 6) is 1.71. The summed E-state index contributed by atoms with van der Waals surface area (Å²) in [6, 6.07) is 10.1. The highest BCUT2D eigenvalue weighted by Gasteiger charge is 2.41. The summed E-state index contributed by atoms with van der Waals surface area (Å²) < 4.78 is 0. The molecule has 0 unspecified atom stereocenters. The molecule has 212 valence electrons. The minimum Gasteiger partial charge on any atom is -0.357 e. The molecule has 3 aromatic rings. The number of hydrogen-bond acceptors (Lipinski definition) is 6. The van der Waals surface area contributed by atoms with E-state index in [2.05, 4.69) is 51.7 Å². The minimum absolute atomic E-state index is 0.551. The molecule has 0 saturated carbocycles. The van der Waals surface area contributed by atoms with Crippen molar-refractivity contribution in [3.05, 3.63) is 66.5 Å². The molecule has 1 saturated heterocycles. The molecule has 4 rings (SSSR count). The highest BCUT2D eigenvalue weighted by molar-refractivity contribution is 6.09. The van der Waals surface area contributed by atoms with Gasteiger partial charge in [0.25, 0.3) is 0 Å². The second-order valence-electron chi connectivity index (χ2n) is 9.11. The number of fused-ring (bicyclic) bond motifs is 1. The highest BCUT2D eigenvalue weighted by atomic mass is 15.3. The summed E-state index contributed by atoms with van der Waals surface area (Å²) in [7, 11) is 1.79. The minimum atomic E-state index is 0.551. The van der Waals surface area contributed by atoms with Gasteiger partial charge in [0, 0.05) is 49.5 Å². The van der Waals surface area contributed by atoms with Crippen molar-refractivity contribution in [2.45, 2.75) is 74.1 Å². The van der Waals surface area contributed by atoms with Crippen molar-refractivity contribution >= 4 is 40.5 Å². The third kappa shape index (κ3) is 9.31. The van der Waals surface area contributed by atoms with Gasteiger partial charge >= 0.3 is 0 Å². The van der Waals surface area contributed by atoms with Crippen molar-refractivity contribution < 1.29 is 0 Å². The van der Waals surface area contributed by atoms with Gasteiger partial charge in [-0.25, -0.2) is 15.0 Å². The standard InChI is InChI=1S/C16H24N2.C13H14N4.2C2H6/c1-4-8-16(9-5-2)12-18(13-16)15-11-14(6-3)7-10-17-15;1-3-9(7-14)10-4-5-11-8-16-13(15-2)17-12(11)6-10;2*1-2/h6-7,10-11H,3-5,8-9,12-13H2,1-2H3;3-8,14H,1-2H3,(H,15,16,17);2*1-2H3/b;9-3+,14-7?;;. The molecule has 1 aliphatic heterocycles. The zero-order chi connectivity index (χ0) is 29.3. The van der Waals surface area contributed by atoms with Crippen molar-refractivity contribution in [2.24, 2.45) is 5.41 Å². The van der Waals surface area contributed by atoms with E-state index in [-0.39, 0.29) is 0 Å². The van der Waals surface area contributed by atoms with E-state index in [1.54, 1.807) is 13.2 Å². The molecule has 0 amide bonds. The van der Waals surface area contributed by atoms with Gasteiger partial charge in [0.2, 0.25) is 5.95 Å². The molecule has 1 aromatic carbocycles. The number of aromatic nitrogens is 3. The maximum absolute atomic E-state index is 7.35. The second-order valence-corrected chi connectivity index (χ2v) is 9.11. The van der Waals surface area contributed by atoms with Gasteiger partial charge in [-0.05, 0) is 54.7 Å². The largest absolute Gasteiger partial charge is 0.357 e. The lowest BCUT2D eigenvalue weighted by Crippen LogP contribution is -2.56. The zero-order valence-corrected chi connectivity index (χ0v) is 25.5. The van der Waals surface area contributed by atoms with E-state index < -0.39 is 0 Å². The van der Waals surface area contributed by atoms with E-state index in [1.807, 2.05) is 77.2 Å². The summed E-state index contributed by atoms with van der Waals surface area (Å²) >= 11 is 0. The molecular weight excluding hydrogens is 480 g/mol. The number of benzene rings is 1. The normalized spacial score (nSPS) is 13.3. The predicted octanol–water partition coefficient (Wildman–Crippen LogP) is 8.91. The Kier molecular flexibility index (Phi) is 15.3. The SMILES string of the molecule is C/C=C(\C=N)c1ccc2cnc(NC)nc2c1.C=Cc1ccnc(N2CC(CCC)(CCC)C2)c1.CC.CC. The first-order chi connectivity index (χ1) is 19.0. The molecular formula is C33H50N6. The van der Waals surface area contributed by atoms with Gasteiger partial charge < -0.3 is 15.6 Å². The zero-order valence-electron chi connectivity index (χ0n) is 25.5. The number of anilines is 2. The fourth-order valence-electron chi connectivity index (χ4n) is 4.82. The summed E-state index contributed by atoms with van der Waals surface area (Å²) in [5, 5.41) is 11.3. The summed E-state index contributed by atoms with van der Waals surface area (Å²) in [6.45, 7) is 20.7. The number of nitrogens with one attached hydrogen (secondary N) is 2. The average molecular weight is 531 g/mol. The van der Waals surface area contributed by atoms with Crippen LogP contribution in [-0.4, -0.2) is 41.3 Å². The molecule has 6 nitrogen and oxygen atoms in total. The number of rotatable bonds is 9. The van der Waals surface area contributed by atoms with Crippen LogP contribution in [0.5, 0.6) is 0 Å².